The molecule has 0 aliphatic heterocycles. The number of rotatable bonds is 3. The van der Waals surface area contributed by atoms with Crippen molar-refractivity contribution in [1.82, 2.24) is 4.98 Å². The fraction of sp³-hybridized carbons (Fsp3) is 0.0909. The number of benzene rings is 1. The number of aromatic carboxylic acids is 1. The highest BCUT2D eigenvalue weighted by Crippen LogP contribution is 2.31. The predicted octanol–water partition coefficient (Wildman–Crippen LogP) is 4.31. The third-order valence-corrected chi connectivity index (χ3v) is 4.04. The molecule has 0 saturated carbocycles. The number of hydrogen-bond donors (Lipinski definition) is 2. The number of carboxylic acids is 1. The molecule has 0 atom stereocenters. The quantitative estimate of drug-likeness (QED) is 0.868. The second-order valence-electron chi connectivity index (χ2n) is 3.49. The van der Waals surface area contributed by atoms with Gasteiger partial charge < -0.3 is 10.4 Å². The molecule has 18 heavy (non-hydrogen) atoms. The first-order valence-electron chi connectivity index (χ1n) is 4.90. The molecule has 4 nitrogen and oxygen atoms in total. The van der Waals surface area contributed by atoms with Crippen molar-refractivity contribution in [1.29, 1.82) is 0 Å². The smallest absolute Gasteiger partial charge is 0.347 e. The van der Waals surface area contributed by atoms with Gasteiger partial charge in [0.2, 0.25) is 0 Å². The molecule has 0 fully saturated rings. The van der Waals surface area contributed by atoms with E-state index in [9.17, 15) is 4.79 Å². The number of nitrogens with one attached hydrogen (secondary N) is 1. The van der Waals surface area contributed by atoms with Gasteiger partial charge in [0, 0.05) is 4.47 Å². The van der Waals surface area contributed by atoms with Gasteiger partial charge in [0.05, 0.1) is 16.4 Å². The Hall–Kier alpha value is -1.11. The summed E-state index contributed by atoms with van der Waals surface area (Å²) < 4.78 is 0.876. The van der Waals surface area contributed by atoms with E-state index < -0.39 is 5.97 Å². The van der Waals surface area contributed by atoms with Gasteiger partial charge in [0.15, 0.2) is 5.13 Å². The molecule has 1 aromatic carbocycles. The summed E-state index contributed by atoms with van der Waals surface area (Å²) in [6, 6.07) is 5.37. The van der Waals surface area contributed by atoms with E-state index in [2.05, 4.69) is 26.2 Å². The van der Waals surface area contributed by atoms with Crippen molar-refractivity contribution in [2.75, 3.05) is 5.32 Å². The lowest BCUT2D eigenvalue weighted by Crippen LogP contribution is -1.94. The van der Waals surface area contributed by atoms with Crippen molar-refractivity contribution in [2.24, 2.45) is 0 Å². The van der Waals surface area contributed by atoms with Gasteiger partial charge in [-0.3, -0.25) is 0 Å². The van der Waals surface area contributed by atoms with E-state index in [1.165, 1.54) is 0 Å². The molecular formula is C11H8BrClN2O2S. The standard InChI is InChI=1S/C11H8BrClN2O2S/c1-5-9(10(16)17)18-11(14-5)15-8-4-6(12)2-3-7(8)13/h2-4H,1H3,(H,14,15)(H,16,17). The van der Waals surface area contributed by atoms with Crippen LogP contribution in [-0.2, 0) is 0 Å². The van der Waals surface area contributed by atoms with E-state index in [0.29, 0.717) is 21.5 Å². The topological polar surface area (TPSA) is 62.2 Å². The summed E-state index contributed by atoms with van der Waals surface area (Å²) in [6.45, 7) is 1.66. The molecule has 2 N–H and O–H groups in total. The van der Waals surface area contributed by atoms with Crippen molar-refractivity contribution in [2.45, 2.75) is 6.92 Å². The number of hydrogen-bond acceptors (Lipinski definition) is 4. The minimum Gasteiger partial charge on any atom is -0.477 e. The van der Waals surface area contributed by atoms with Crippen LogP contribution in [0.1, 0.15) is 15.4 Å². The van der Waals surface area contributed by atoms with Crippen LogP contribution in [0.15, 0.2) is 22.7 Å². The van der Waals surface area contributed by atoms with E-state index in [1.54, 1.807) is 19.1 Å². The zero-order valence-corrected chi connectivity index (χ0v) is 12.4. The fourth-order valence-electron chi connectivity index (χ4n) is 1.36. The van der Waals surface area contributed by atoms with Gasteiger partial charge in [-0.05, 0) is 25.1 Å². The number of carbonyl (C=O) groups is 1. The molecule has 0 saturated heterocycles. The molecule has 0 unspecified atom stereocenters. The van der Waals surface area contributed by atoms with Gasteiger partial charge in [-0.25, -0.2) is 9.78 Å². The summed E-state index contributed by atoms with van der Waals surface area (Å²) in [5.41, 5.74) is 1.16. The van der Waals surface area contributed by atoms with Gasteiger partial charge in [-0.2, -0.15) is 0 Å². The van der Waals surface area contributed by atoms with Gasteiger partial charge in [0.25, 0.3) is 0 Å². The molecule has 0 amide bonds. The van der Waals surface area contributed by atoms with Crippen molar-refractivity contribution in [3.63, 3.8) is 0 Å². The van der Waals surface area contributed by atoms with Crippen LogP contribution in [0.4, 0.5) is 10.8 Å². The first-order valence-corrected chi connectivity index (χ1v) is 6.89. The second kappa shape index (κ2) is 5.26. The molecule has 2 aromatic rings. The lowest BCUT2D eigenvalue weighted by atomic mass is 10.3. The Morgan fingerprint density at radius 3 is 2.89 bits per heavy atom. The largest absolute Gasteiger partial charge is 0.477 e. The van der Waals surface area contributed by atoms with Crippen LogP contribution in [0.5, 0.6) is 0 Å². The third kappa shape index (κ3) is 2.82. The Balaban J connectivity index is 2.31. The van der Waals surface area contributed by atoms with Crippen LogP contribution >= 0.6 is 38.9 Å². The van der Waals surface area contributed by atoms with E-state index in [0.717, 1.165) is 15.8 Å². The van der Waals surface area contributed by atoms with E-state index >= 15 is 0 Å². The Bertz CT molecular complexity index is 615. The first-order chi connectivity index (χ1) is 8.47. The number of thiazole rings is 1. The summed E-state index contributed by atoms with van der Waals surface area (Å²) in [5.74, 6) is -0.974. The summed E-state index contributed by atoms with van der Waals surface area (Å²) >= 11 is 10.5. The molecule has 0 bridgehead atoms. The lowest BCUT2D eigenvalue weighted by Gasteiger charge is -2.05. The van der Waals surface area contributed by atoms with Crippen LogP contribution < -0.4 is 5.32 Å². The summed E-state index contributed by atoms with van der Waals surface area (Å²) in [5, 5.41) is 13.0. The van der Waals surface area contributed by atoms with Crippen LogP contribution in [0.3, 0.4) is 0 Å². The lowest BCUT2D eigenvalue weighted by molar-refractivity contribution is 0.0701. The van der Waals surface area contributed by atoms with Crippen molar-refractivity contribution in [3.05, 3.63) is 38.3 Å². The number of anilines is 2. The molecule has 94 valence electrons. The summed E-state index contributed by atoms with van der Waals surface area (Å²) in [4.78, 5) is 15.3. The highest BCUT2D eigenvalue weighted by molar-refractivity contribution is 9.10. The number of nitrogens with zero attached hydrogens (tertiary/aromatic N) is 1. The molecular weight excluding hydrogens is 340 g/mol. The number of aromatic nitrogens is 1. The molecule has 0 aliphatic rings. The van der Waals surface area contributed by atoms with Gasteiger partial charge in [-0.1, -0.05) is 38.9 Å². The monoisotopic (exact) mass is 346 g/mol. The van der Waals surface area contributed by atoms with Crippen molar-refractivity contribution < 1.29 is 9.90 Å². The Labute approximate surface area is 121 Å². The Morgan fingerprint density at radius 2 is 2.28 bits per heavy atom. The van der Waals surface area contributed by atoms with Crippen LogP contribution in [-0.4, -0.2) is 16.1 Å². The molecule has 1 aromatic heterocycles. The average molecular weight is 348 g/mol. The molecule has 0 aliphatic carbocycles. The minimum absolute atomic E-state index is 0.226. The van der Waals surface area contributed by atoms with Gasteiger partial charge >= 0.3 is 5.97 Å². The maximum Gasteiger partial charge on any atom is 0.347 e. The van der Waals surface area contributed by atoms with Crippen LogP contribution in [0, 0.1) is 6.92 Å². The maximum absolute atomic E-state index is 10.9. The second-order valence-corrected chi connectivity index (χ2v) is 5.81. The average Bonchev–Trinajstić information content (AvgIpc) is 2.65. The van der Waals surface area contributed by atoms with Crippen LogP contribution in [0.2, 0.25) is 5.02 Å². The Morgan fingerprint density at radius 1 is 1.56 bits per heavy atom. The zero-order chi connectivity index (χ0) is 13.3. The SMILES string of the molecule is Cc1nc(Nc2cc(Br)ccc2Cl)sc1C(=O)O. The molecule has 0 radical (unpaired) electrons. The molecule has 0 spiro atoms. The first kappa shape index (κ1) is 13.3. The fourth-order valence-corrected chi connectivity index (χ4v) is 2.70. The van der Waals surface area contributed by atoms with Crippen molar-refractivity contribution >= 4 is 55.7 Å². The zero-order valence-electron chi connectivity index (χ0n) is 9.20. The molecule has 1 heterocycles. The predicted molar refractivity (Wildman–Crippen MR) is 76.2 cm³/mol. The maximum atomic E-state index is 10.9. The summed E-state index contributed by atoms with van der Waals surface area (Å²) in [6.07, 6.45) is 0. The Kier molecular flexibility index (Phi) is 3.89. The van der Waals surface area contributed by atoms with Gasteiger partial charge in [-0.15, -0.1) is 0 Å². The number of aryl methyl sites for hydroxylation is 1. The van der Waals surface area contributed by atoms with Crippen LogP contribution in [0.25, 0.3) is 0 Å². The van der Waals surface area contributed by atoms with E-state index in [4.69, 9.17) is 16.7 Å². The third-order valence-electron chi connectivity index (χ3n) is 2.16. The number of halogens is 2. The minimum atomic E-state index is -0.974. The van der Waals surface area contributed by atoms with E-state index in [1.807, 2.05) is 6.07 Å². The number of carboxylic acid groups (broad SMARTS) is 1. The normalized spacial score (nSPS) is 10.4. The van der Waals surface area contributed by atoms with Crippen molar-refractivity contribution in [3.8, 4) is 0 Å². The van der Waals surface area contributed by atoms with Gasteiger partial charge in [0.1, 0.15) is 4.88 Å². The highest BCUT2D eigenvalue weighted by Gasteiger charge is 2.14. The molecule has 7 heteroatoms. The molecule has 2 rings (SSSR count). The summed E-state index contributed by atoms with van der Waals surface area (Å²) in [7, 11) is 0. The highest BCUT2D eigenvalue weighted by atomic mass is 79.9. The van der Waals surface area contributed by atoms with E-state index in [-0.39, 0.29) is 4.88 Å².